The van der Waals surface area contributed by atoms with Crippen LogP contribution in [0.1, 0.15) is 24.1 Å². The van der Waals surface area contributed by atoms with Crippen molar-refractivity contribution in [3.05, 3.63) is 35.4 Å². The summed E-state index contributed by atoms with van der Waals surface area (Å²) in [6.07, 6.45) is 0.678. The Morgan fingerprint density at radius 2 is 2.16 bits per heavy atom. The van der Waals surface area contributed by atoms with Crippen molar-refractivity contribution in [2.24, 2.45) is 0 Å². The van der Waals surface area contributed by atoms with Gasteiger partial charge < -0.3 is 14.7 Å². The van der Waals surface area contributed by atoms with Crippen molar-refractivity contribution in [2.75, 3.05) is 19.8 Å². The molecule has 1 N–H and O–H groups in total. The second-order valence-corrected chi connectivity index (χ2v) is 4.41. The third-order valence-electron chi connectivity index (χ3n) is 3.27. The topological polar surface area (TPSA) is 66.8 Å². The lowest BCUT2D eigenvalue weighted by Gasteiger charge is -2.34. The van der Waals surface area contributed by atoms with E-state index >= 15 is 0 Å². The summed E-state index contributed by atoms with van der Waals surface area (Å²) in [5.74, 6) is -1.28. The van der Waals surface area contributed by atoms with Gasteiger partial charge in [-0.05, 0) is 24.5 Å². The molecule has 0 fully saturated rings. The van der Waals surface area contributed by atoms with Crippen LogP contribution < -0.4 is 0 Å². The highest BCUT2D eigenvalue weighted by atomic mass is 16.5. The van der Waals surface area contributed by atoms with Gasteiger partial charge in [-0.1, -0.05) is 24.3 Å². The largest absolute Gasteiger partial charge is 0.479 e. The molecule has 0 aliphatic carbocycles. The Morgan fingerprint density at radius 1 is 1.42 bits per heavy atom. The number of benzene rings is 1. The standard InChI is InChI=1S/C14H17NO4/c1-2-19-9-12(16)15-8-7-10-5-3-4-6-11(10)13(15)14(17)18/h3-6,13H,2,7-9H2,1H3,(H,17,18). The number of carboxylic acids is 1. The van der Waals surface area contributed by atoms with E-state index in [9.17, 15) is 14.7 Å². The molecule has 5 nitrogen and oxygen atoms in total. The average molecular weight is 263 g/mol. The fraction of sp³-hybridized carbons (Fsp3) is 0.429. The molecule has 1 unspecified atom stereocenters. The van der Waals surface area contributed by atoms with Gasteiger partial charge in [0, 0.05) is 13.2 Å². The van der Waals surface area contributed by atoms with E-state index in [1.807, 2.05) is 12.1 Å². The van der Waals surface area contributed by atoms with Crippen LogP contribution in [0.4, 0.5) is 0 Å². The molecule has 1 amide bonds. The zero-order valence-corrected chi connectivity index (χ0v) is 10.8. The summed E-state index contributed by atoms with van der Waals surface area (Å²) in [4.78, 5) is 24.9. The summed E-state index contributed by atoms with van der Waals surface area (Å²) >= 11 is 0. The minimum Gasteiger partial charge on any atom is -0.479 e. The lowest BCUT2D eigenvalue weighted by molar-refractivity contribution is -0.153. The fourth-order valence-electron chi connectivity index (χ4n) is 2.37. The van der Waals surface area contributed by atoms with Crippen LogP contribution in [0.2, 0.25) is 0 Å². The summed E-state index contributed by atoms with van der Waals surface area (Å²) in [5.41, 5.74) is 1.70. The summed E-state index contributed by atoms with van der Waals surface area (Å²) in [6, 6.07) is 6.46. The van der Waals surface area contributed by atoms with Crippen LogP contribution in [0.5, 0.6) is 0 Å². The van der Waals surface area contributed by atoms with Gasteiger partial charge >= 0.3 is 5.97 Å². The maximum Gasteiger partial charge on any atom is 0.331 e. The highest BCUT2D eigenvalue weighted by Gasteiger charge is 2.35. The van der Waals surface area contributed by atoms with Gasteiger partial charge in [0.1, 0.15) is 6.61 Å². The summed E-state index contributed by atoms with van der Waals surface area (Å²) < 4.78 is 5.08. The Labute approximate surface area is 111 Å². The monoisotopic (exact) mass is 263 g/mol. The van der Waals surface area contributed by atoms with Crippen LogP contribution in [0.25, 0.3) is 0 Å². The van der Waals surface area contributed by atoms with Crippen LogP contribution in [0.15, 0.2) is 24.3 Å². The smallest absolute Gasteiger partial charge is 0.331 e. The van der Waals surface area contributed by atoms with Crippen LogP contribution in [0.3, 0.4) is 0 Å². The molecule has 102 valence electrons. The second-order valence-electron chi connectivity index (χ2n) is 4.41. The molecule has 1 heterocycles. The number of nitrogens with zero attached hydrogens (tertiary/aromatic N) is 1. The summed E-state index contributed by atoms with van der Waals surface area (Å²) in [6.45, 7) is 2.59. The first-order valence-corrected chi connectivity index (χ1v) is 6.33. The number of hydrogen-bond donors (Lipinski definition) is 1. The second kappa shape index (κ2) is 5.84. The van der Waals surface area contributed by atoms with E-state index in [4.69, 9.17) is 4.74 Å². The van der Waals surface area contributed by atoms with Crippen LogP contribution >= 0.6 is 0 Å². The molecule has 1 aliphatic heterocycles. The van der Waals surface area contributed by atoms with Crippen LogP contribution in [-0.4, -0.2) is 41.6 Å². The van der Waals surface area contributed by atoms with Crippen molar-refractivity contribution in [3.63, 3.8) is 0 Å². The van der Waals surface area contributed by atoms with Gasteiger partial charge in [0.2, 0.25) is 5.91 Å². The molecule has 1 aromatic carbocycles. The normalized spacial score (nSPS) is 17.9. The number of hydrogen-bond acceptors (Lipinski definition) is 3. The molecule has 0 saturated heterocycles. The SMILES string of the molecule is CCOCC(=O)N1CCc2ccccc2C1C(=O)O. The zero-order chi connectivity index (χ0) is 13.8. The van der Waals surface area contributed by atoms with E-state index < -0.39 is 12.0 Å². The molecule has 1 aliphatic rings. The molecular formula is C14H17NO4. The lowest BCUT2D eigenvalue weighted by Crippen LogP contribution is -2.45. The van der Waals surface area contributed by atoms with Crippen LogP contribution in [-0.2, 0) is 20.7 Å². The maximum atomic E-state index is 12.0. The van der Waals surface area contributed by atoms with Gasteiger partial charge in [0.25, 0.3) is 0 Å². The third kappa shape index (κ3) is 2.76. The number of aliphatic carboxylic acids is 1. The van der Waals surface area contributed by atoms with Gasteiger partial charge in [0.05, 0.1) is 0 Å². The molecule has 19 heavy (non-hydrogen) atoms. The number of ether oxygens (including phenoxy) is 1. The minimum absolute atomic E-state index is 0.0670. The Morgan fingerprint density at radius 3 is 2.84 bits per heavy atom. The van der Waals surface area contributed by atoms with Crippen molar-refractivity contribution in [2.45, 2.75) is 19.4 Å². The van der Waals surface area contributed by atoms with Gasteiger partial charge in [0.15, 0.2) is 6.04 Å². The van der Waals surface area contributed by atoms with E-state index in [-0.39, 0.29) is 12.5 Å². The van der Waals surface area contributed by atoms with Gasteiger partial charge in [-0.2, -0.15) is 0 Å². The van der Waals surface area contributed by atoms with E-state index in [0.717, 1.165) is 5.56 Å². The van der Waals surface area contributed by atoms with Gasteiger partial charge in [-0.25, -0.2) is 4.79 Å². The highest BCUT2D eigenvalue weighted by Crippen LogP contribution is 2.29. The van der Waals surface area contributed by atoms with E-state index in [0.29, 0.717) is 25.1 Å². The van der Waals surface area contributed by atoms with Crippen molar-refractivity contribution >= 4 is 11.9 Å². The molecule has 5 heteroatoms. The molecular weight excluding hydrogens is 246 g/mol. The van der Waals surface area contributed by atoms with E-state index in [1.54, 1.807) is 19.1 Å². The third-order valence-corrected chi connectivity index (χ3v) is 3.27. The maximum absolute atomic E-state index is 12.0. The number of carboxylic acid groups (broad SMARTS) is 1. The Kier molecular flexibility index (Phi) is 4.16. The molecule has 0 aromatic heterocycles. The minimum atomic E-state index is -1.00. The van der Waals surface area contributed by atoms with Gasteiger partial charge in [-0.3, -0.25) is 4.79 Å². The highest BCUT2D eigenvalue weighted by molar-refractivity contribution is 5.86. The first-order valence-electron chi connectivity index (χ1n) is 6.33. The Balaban J connectivity index is 2.27. The Bertz CT molecular complexity index is 486. The first kappa shape index (κ1) is 13.5. The summed E-state index contributed by atoms with van der Waals surface area (Å²) in [5, 5.41) is 9.40. The number of carbonyl (C=O) groups is 2. The molecule has 0 spiro atoms. The Hall–Kier alpha value is -1.88. The lowest BCUT2D eigenvalue weighted by atomic mass is 9.92. The van der Waals surface area contributed by atoms with Crippen molar-refractivity contribution < 1.29 is 19.4 Å². The predicted octanol–water partition coefficient (Wildman–Crippen LogP) is 1.23. The molecule has 1 aromatic rings. The quantitative estimate of drug-likeness (QED) is 0.887. The molecule has 0 saturated carbocycles. The number of fused-ring (bicyclic) bond motifs is 1. The van der Waals surface area contributed by atoms with E-state index in [1.165, 1.54) is 4.90 Å². The zero-order valence-electron chi connectivity index (χ0n) is 10.8. The molecule has 0 bridgehead atoms. The first-order chi connectivity index (χ1) is 9.15. The molecule has 1 atom stereocenters. The molecule has 2 rings (SSSR count). The van der Waals surface area contributed by atoms with Crippen molar-refractivity contribution in [3.8, 4) is 0 Å². The van der Waals surface area contributed by atoms with Gasteiger partial charge in [-0.15, -0.1) is 0 Å². The van der Waals surface area contributed by atoms with E-state index in [2.05, 4.69) is 0 Å². The number of carbonyl (C=O) groups excluding carboxylic acids is 1. The van der Waals surface area contributed by atoms with Crippen molar-refractivity contribution in [1.82, 2.24) is 4.90 Å². The number of rotatable bonds is 4. The average Bonchev–Trinajstić information content (AvgIpc) is 2.43. The van der Waals surface area contributed by atoms with Crippen molar-refractivity contribution in [1.29, 1.82) is 0 Å². The molecule has 0 radical (unpaired) electrons. The summed E-state index contributed by atoms with van der Waals surface area (Å²) in [7, 11) is 0. The number of amides is 1. The van der Waals surface area contributed by atoms with Crippen LogP contribution in [0, 0.1) is 0 Å². The predicted molar refractivity (Wildman–Crippen MR) is 68.7 cm³/mol. The fourth-order valence-corrected chi connectivity index (χ4v) is 2.37.